The average molecular weight is 167 g/mol. The second-order valence-corrected chi connectivity index (χ2v) is 3.03. The van der Waals surface area contributed by atoms with Crippen LogP contribution in [0.1, 0.15) is 19.8 Å². The number of hydrogen-bond acceptors (Lipinski definition) is 1. The summed E-state index contributed by atoms with van der Waals surface area (Å²) in [7, 11) is 0. The van der Waals surface area contributed by atoms with Crippen molar-refractivity contribution in [3.05, 3.63) is 0 Å². The van der Waals surface area contributed by atoms with Crippen LogP contribution in [0.15, 0.2) is 0 Å². The summed E-state index contributed by atoms with van der Waals surface area (Å²) in [6, 6.07) is -0.413. The van der Waals surface area contributed by atoms with Gasteiger partial charge in [-0.25, -0.2) is 0 Å². The van der Waals surface area contributed by atoms with Crippen LogP contribution in [0.3, 0.4) is 0 Å². The molecular weight excluding hydrogens is 155 g/mol. The monoisotopic (exact) mass is 167 g/mol. The van der Waals surface area contributed by atoms with Gasteiger partial charge in [-0.15, -0.1) is 0 Å². The van der Waals surface area contributed by atoms with Crippen LogP contribution in [-0.2, 0) is 0 Å². The molecule has 1 aliphatic heterocycles. The highest BCUT2D eigenvalue weighted by atomic mass is 19.4. The summed E-state index contributed by atoms with van der Waals surface area (Å²) >= 11 is 0. The second kappa shape index (κ2) is 3.01. The summed E-state index contributed by atoms with van der Waals surface area (Å²) in [5.41, 5.74) is 0. The molecule has 1 rings (SSSR count). The minimum absolute atomic E-state index is 0.275. The number of hydrogen-bond donors (Lipinski definition) is 1. The number of rotatable bonds is 0. The van der Waals surface area contributed by atoms with E-state index in [9.17, 15) is 13.2 Å². The second-order valence-electron chi connectivity index (χ2n) is 3.03. The van der Waals surface area contributed by atoms with Gasteiger partial charge < -0.3 is 5.32 Å². The Labute approximate surface area is 64.0 Å². The van der Waals surface area contributed by atoms with Crippen LogP contribution in [0.25, 0.3) is 0 Å². The van der Waals surface area contributed by atoms with E-state index in [2.05, 4.69) is 5.32 Å². The fourth-order valence-corrected chi connectivity index (χ4v) is 1.49. The lowest BCUT2D eigenvalue weighted by Gasteiger charge is -2.31. The minimum atomic E-state index is -4.02. The molecule has 2 atom stereocenters. The van der Waals surface area contributed by atoms with Crippen molar-refractivity contribution in [1.82, 2.24) is 5.32 Å². The van der Waals surface area contributed by atoms with Crippen molar-refractivity contribution in [1.29, 1.82) is 0 Å². The number of piperidine rings is 1. The third-order valence-corrected chi connectivity index (χ3v) is 2.18. The van der Waals surface area contributed by atoms with Crippen LogP contribution in [0.2, 0.25) is 0 Å². The van der Waals surface area contributed by atoms with E-state index in [1.165, 1.54) is 0 Å². The van der Waals surface area contributed by atoms with Gasteiger partial charge in [0, 0.05) is 6.04 Å². The van der Waals surface area contributed by atoms with Crippen LogP contribution in [0.4, 0.5) is 13.2 Å². The molecule has 1 fully saturated rings. The first-order valence-electron chi connectivity index (χ1n) is 3.82. The highest BCUT2D eigenvalue weighted by Gasteiger charge is 2.43. The van der Waals surface area contributed by atoms with Crippen molar-refractivity contribution in [3.8, 4) is 0 Å². The zero-order chi connectivity index (χ0) is 8.48. The Hall–Kier alpha value is -0.250. The van der Waals surface area contributed by atoms with Gasteiger partial charge in [0.1, 0.15) is 0 Å². The summed E-state index contributed by atoms with van der Waals surface area (Å²) in [6.07, 6.45) is -3.11. The molecule has 1 nitrogen and oxygen atoms in total. The van der Waals surface area contributed by atoms with Gasteiger partial charge in [0.05, 0.1) is 5.92 Å². The summed E-state index contributed by atoms with van der Waals surface area (Å²) in [5, 5.41) is 2.82. The zero-order valence-corrected chi connectivity index (χ0v) is 6.41. The smallest absolute Gasteiger partial charge is 0.314 e. The molecule has 0 spiro atoms. The fourth-order valence-electron chi connectivity index (χ4n) is 1.49. The molecule has 0 unspecified atom stereocenters. The molecular formula is C7H12F3N. The summed E-state index contributed by atoms with van der Waals surface area (Å²) in [6.45, 7) is 2.31. The maximum absolute atomic E-state index is 12.2. The van der Waals surface area contributed by atoms with Crippen LogP contribution in [-0.4, -0.2) is 18.8 Å². The molecule has 1 N–H and O–H groups in total. The third-order valence-electron chi connectivity index (χ3n) is 2.18. The predicted molar refractivity (Wildman–Crippen MR) is 36.2 cm³/mol. The van der Waals surface area contributed by atoms with Crippen molar-refractivity contribution in [2.24, 2.45) is 5.92 Å². The molecule has 0 aliphatic carbocycles. The van der Waals surface area contributed by atoms with Crippen LogP contribution >= 0.6 is 0 Å². The summed E-state index contributed by atoms with van der Waals surface area (Å²) in [4.78, 5) is 0. The molecule has 0 amide bonds. The predicted octanol–water partition coefficient (Wildman–Crippen LogP) is 1.94. The van der Waals surface area contributed by atoms with Gasteiger partial charge in [0.15, 0.2) is 0 Å². The first-order valence-corrected chi connectivity index (χ1v) is 3.82. The Morgan fingerprint density at radius 2 is 2.00 bits per heavy atom. The molecule has 1 saturated heterocycles. The van der Waals surface area contributed by atoms with E-state index in [0.717, 1.165) is 0 Å². The molecule has 1 heterocycles. The lowest BCUT2D eigenvalue weighted by atomic mass is 9.92. The SMILES string of the molecule is C[C@@H]1NCCC[C@H]1C(F)(F)F. The highest BCUT2D eigenvalue weighted by Crippen LogP contribution is 2.33. The molecule has 0 saturated carbocycles. The molecule has 11 heavy (non-hydrogen) atoms. The van der Waals surface area contributed by atoms with E-state index >= 15 is 0 Å². The van der Waals surface area contributed by atoms with Gasteiger partial charge in [0.2, 0.25) is 0 Å². The van der Waals surface area contributed by atoms with Crippen LogP contribution in [0.5, 0.6) is 0 Å². The van der Waals surface area contributed by atoms with E-state index in [4.69, 9.17) is 0 Å². The molecule has 1 aliphatic rings. The molecule has 4 heteroatoms. The van der Waals surface area contributed by atoms with E-state index in [0.29, 0.717) is 13.0 Å². The zero-order valence-electron chi connectivity index (χ0n) is 6.41. The Balaban J connectivity index is 2.55. The van der Waals surface area contributed by atoms with Gasteiger partial charge in [0.25, 0.3) is 0 Å². The third kappa shape index (κ3) is 2.09. The molecule has 0 aromatic heterocycles. The largest absolute Gasteiger partial charge is 0.393 e. The first-order chi connectivity index (χ1) is 5.02. The Bertz CT molecular complexity index is 132. The van der Waals surface area contributed by atoms with Crippen molar-refractivity contribution in [2.75, 3.05) is 6.54 Å². The average Bonchev–Trinajstić information content (AvgIpc) is 1.86. The Morgan fingerprint density at radius 3 is 2.36 bits per heavy atom. The summed E-state index contributed by atoms with van der Waals surface area (Å²) < 4.78 is 36.5. The van der Waals surface area contributed by atoms with E-state index < -0.39 is 18.1 Å². The number of nitrogens with one attached hydrogen (secondary N) is 1. The van der Waals surface area contributed by atoms with Gasteiger partial charge >= 0.3 is 6.18 Å². The molecule has 0 aromatic carbocycles. The lowest BCUT2D eigenvalue weighted by Crippen LogP contribution is -2.45. The van der Waals surface area contributed by atoms with Crippen molar-refractivity contribution < 1.29 is 13.2 Å². The van der Waals surface area contributed by atoms with E-state index in [1.54, 1.807) is 6.92 Å². The minimum Gasteiger partial charge on any atom is -0.314 e. The fraction of sp³-hybridized carbons (Fsp3) is 1.00. The van der Waals surface area contributed by atoms with Crippen molar-refractivity contribution in [3.63, 3.8) is 0 Å². The molecule has 66 valence electrons. The Morgan fingerprint density at radius 1 is 1.36 bits per heavy atom. The standard InChI is InChI=1S/C7H12F3N/c1-5-6(7(8,9)10)3-2-4-11-5/h5-6,11H,2-4H2,1H3/t5-,6+/m0/s1. The Kier molecular flexibility index (Phi) is 2.42. The maximum atomic E-state index is 12.2. The van der Waals surface area contributed by atoms with Gasteiger partial charge in [-0.3, -0.25) is 0 Å². The summed E-state index contributed by atoms with van der Waals surface area (Å²) in [5.74, 6) is -1.14. The van der Waals surface area contributed by atoms with Gasteiger partial charge in [-0.05, 0) is 26.3 Å². The van der Waals surface area contributed by atoms with Crippen molar-refractivity contribution in [2.45, 2.75) is 32.0 Å². The van der Waals surface area contributed by atoms with Crippen LogP contribution in [0, 0.1) is 5.92 Å². The normalized spacial score (nSPS) is 33.8. The van der Waals surface area contributed by atoms with Crippen LogP contribution < -0.4 is 5.32 Å². The first kappa shape index (κ1) is 8.84. The number of alkyl halides is 3. The number of halogens is 3. The maximum Gasteiger partial charge on any atom is 0.393 e. The van der Waals surface area contributed by atoms with E-state index in [1.807, 2.05) is 0 Å². The topological polar surface area (TPSA) is 12.0 Å². The van der Waals surface area contributed by atoms with Crippen molar-refractivity contribution >= 4 is 0 Å². The van der Waals surface area contributed by atoms with Gasteiger partial charge in [-0.2, -0.15) is 13.2 Å². The lowest BCUT2D eigenvalue weighted by molar-refractivity contribution is -0.186. The highest BCUT2D eigenvalue weighted by molar-refractivity contribution is 4.82. The molecule has 0 aromatic rings. The van der Waals surface area contributed by atoms with Gasteiger partial charge in [-0.1, -0.05) is 0 Å². The van der Waals surface area contributed by atoms with E-state index in [-0.39, 0.29) is 6.42 Å². The molecule has 0 radical (unpaired) electrons. The molecule has 0 bridgehead atoms. The quantitative estimate of drug-likeness (QED) is 0.581.